The molecular formula is C17H15BrN4O. The topological polar surface area (TPSA) is 85.2 Å². The predicted molar refractivity (Wildman–Crippen MR) is 96.1 cm³/mol. The van der Waals surface area contributed by atoms with Crippen LogP contribution in [0.3, 0.4) is 0 Å². The van der Waals surface area contributed by atoms with E-state index in [0.29, 0.717) is 18.1 Å². The number of carbonyl (C=O) groups excluding carboxylic acids is 1. The Labute approximate surface area is 142 Å². The maximum atomic E-state index is 12.0. The molecule has 0 aliphatic rings. The summed E-state index contributed by atoms with van der Waals surface area (Å²) in [6.45, 7) is 0.379. The highest BCUT2D eigenvalue weighted by atomic mass is 79.9. The van der Waals surface area contributed by atoms with Crippen LogP contribution in [0.4, 0.5) is 16.3 Å². The summed E-state index contributed by atoms with van der Waals surface area (Å²) in [5, 5.41) is 1.75. The molecule has 5 nitrogen and oxygen atoms in total. The molecular weight excluding hydrogens is 356 g/mol. The van der Waals surface area contributed by atoms with E-state index in [0.717, 1.165) is 20.8 Å². The summed E-state index contributed by atoms with van der Waals surface area (Å²) in [4.78, 5) is 17.6. The molecule has 0 unspecified atom stereocenters. The maximum absolute atomic E-state index is 12.0. The van der Waals surface area contributed by atoms with Gasteiger partial charge in [0.05, 0.1) is 12.2 Å². The Morgan fingerprint density at radius 3 is 2.61 bits per heavy atom. The third kappa shape index (κ3) is 3.27. The second-order valence-corrected chi connectivity index (χ2v) is 6.07. The third-order valence-corrected chi connectivity index (χ3v) is 4.10. The van der Waals surface area contributed by atoms with Crippen molar-refractivity contribution < 1.29 is 4.79 Å². The van der Waals surface area contributed by atoms with Crippen molar-refractivity contribution in [2.45, 2.75) is 6.54 Å². The Balaban J connectivity index is 2.06. The van der Waals surface area contributed by atoms with Crippen molar-refractivity contribution in [2.24, 2.45) is 5.73 Å². The molecule has 0 aliphatic carbocycles. The fourth-order valence-corrected chi connectivity index (χ4v) is 2.72. The van der Waals surface area contributed by atoms with E-state index in [9.17, 15) is 4.79 Å². The van der Waals surface area contributed by atoms with Crippen LogP contribution in [-0.4, -0.2) is 11.0 Å². The number of aromatic nitrogens is 1. The smallest absolute Gasteiger partial charge is 0.319 e. The highest BCUT2D eigenvalue weighted by Crippen LogP contribution is 2.29. The van der Waals surface area contributed by atoms with E-state index in [2.05, 4.69) is 20.9 Å². The number of urea groups is 1. The lowest BCUT2D eigenvalue weighted by molar-refractivity contribution is 0.253. The van der Waals surface area contributed by atoms with Crippen molar-refractivity contribution in [3.8, 4) is 0 Å². The molecule has 116 valence electrons. The maximum Gasteiger partial charge on any atom is 0.319 e. The third-order valence-electron chi connectivity index (χ3n) is 3.57. The summed E-state index contributed by atoms with van der Waals surface area (Å²) >= 11 is 3.40. The van der Waals surface area contributed by atoms with Gasteiger partial charge in [-0.05, 0) is 29.8 Å². The van der Waals surface area contributed by atoms with Gasteiger partial charge < -0.3 is 11.5 Å². The fourth-order valence-electron chi connectivity index (χ4n) is 2.46. The molecule has 0 saturated carbocycles. The number of amides is 2. The summed E-state index contributed by atoms with van der Waals surface area (Å²) < 4.78 is 0.982. The predicted octanol–water partition coefficient (Wildman–Crippen LogP) is 3.66. The van der Waals surface area contributed by atoms with Gasteiger partial charge in [-0.3, -0.25) is 4.90 Å². The molecule has 3 rings (SSSR count). The summed E-state index contributed by atoms with van der Waals surface area (Å²) in [5.41, 5.74) is 13.1. The number of benzene rings is 2. The summed E-state index contributed by atoms with van der Waals surface area (Å²) in [5.74, 6) is 0.401. The van der Waals surface area contributed by atoms with Crippen molar-refractivity contribution in [1.29, 1.82) is 0 Å². The van der Waals surface area contributed by atoms with E-state index in [1.807, 2.05) is 42.5 Å². The van der Waals surface area contributed by atoms with Crippen molar-refractivity contribution in [3.05, 3.63) is 64.8 Å². The Kier molecular flexibility index (Phi) is 4.16. The van der Waals surface area contributed by atoms with Crippen molar-refractivity contribution in [1.82, 2.24) is 4.98 Å². The highest BCUT2D eigenvalue weighted by molar-refractivity contribution is 9.10. The normalized spacial score (nSPS) is 10.7. The Morgan fingerprint density at radius 2 is 1.91 bits per heavy atom. The molecule has 0 radical (unpaired) electrons. The van der Waals surface area contributed by atoms with E-state index >= 15 is 0 Å². The molecule has 0 aliphatic heterocycles. The number of pyridine rings is 1. The molecule has 0 bridgehead atoms. The zero-order chi connectivity index (χ0) is 16.4. The van der Waals surface area contributed by atoms with Gasteiger partial charge in [-0.25, -0.2) is 9.78 Å². The molecule has 2 aromatic carbocycles. The first-order chi connectivity index (χ1) is 11.0. The van der Waals surface area contributed by atoms with Crippen molar-refractivity contribution in [2.75, 3.05) is 10.6 Å². The van der Waals surface area contributed by atoms with Gasteiger partial charge in [-0.2, -0.15) is 0 Å². The largest absolute Gasteiger partial charge is 0.384 e. The van der Waals surface area contributed by atoms with Crippen LogP contribution in [0.1, 0.15) is 5.56 Å². The van der Waals surface area contributed by atoms with Gasteiger partial charge in [0.25, 0.3) is 0 Å². The number of hydrogen-bond donors (Lipinski definition) is 2. The second-order valence-electron chi connectivity index (χ2n) is 5.16. The van der Waals surface area contributed by atoms with Gasteiger partial charge in [-0.15, -0.1) is 0 Å². The standard InChI is InChI=1S/C17H15BrN4O/c18-13-6-4-11(5-7-13)10-22(17(20)23)15-3-1-2-12-9-21-16(19)8-14(12)15/h1-9H,10H2,(H2,19,21)(H2,20,23). The first-order valence-corrected chi connectivity index (χ1v) is 7.79. The summed E-state index contributed by atoms with van der Waals surface area (Å²) in [6, 6.07) is 14.6. The molecule has 3 aromatic rings. The number of fused-ring (bicyclic) bond motifs is 1. The lowest BCUT2D eigenvalue weighted by Gasteiger charge is -2.22. The van der Waals surface area contributed by atoms with Crippen LogP contribution in [-0.2, 0) is 6.54 Å². The van der Waals surface area contributed by atoms with Gasteiger partial charge in [0.2, 0.25) is 0 Å². The number of nitrogens with zero attached hydrogens (tertiary/aromatic N) is 2. The average molecular weight is 371 g/mol. The monoisotopic (exact) mass is 370 g/mol. The molecule has 4 N–H and O–H groups in total. The van der Waals surface area contributed by atoms with Gasteiger partial charge in [0, 0.05) is 21.4 Å². The molecule has 0 spiro atoms. The molecule has 0 fully saturated rings. The number of anilines is 2. The Bertz CT molecular complexity index is 864. The van der Waals surface area contributed by atoms with Crippen LogP contribution < -0.4 is 16.4 Å². The van der Waals surface area contributed by atoms with E-state index in [1.165, 1.54) is 4.90 Å². The summed E-state index contributed by atoms with van der Waals surface area (Å²) in [6.07, 6.45) is 1.69. The van der Waals surface area contributed by atoms with Gasteiger partial charge in [-0.1, -0.05) is 40.2 Å². The van der Waals surface area contributed by atoms with Gasteiger partial charge >= 0.3 is 6.03 Å². The van der Waals surface area contributed by atoms with Gasteiger partial charge in [0.1, 0.15) is 5.82 Å². The molecule has 0 atom stereocenters. The van der Waals surface area contributed by atoms with E-state index in [-0.39, 0.29) is 0 Å². The first-order valence-electron chi connectivity index (χ1n) is 7.00. The van der Waals surface area contributed by atoms with Crippen LogP contribution >= 0.6 is 15.9 Å². The Hall–Kier alpha value is -2.60. The molecule has 1 heterocycles. The van der Waals surface area contributed by atoms with Crippen LogP contribution in [0.5, 0.6) is 0 Å². The number of nitrogen functional groups attached to an aromatic ring is 1. The summed E-state index contributed by atoms with van der Waals surface area (Å²) in [7, 11) is 0. The van der Waals surface area contributed by atoms with Crippen LogP contribution in [0.15, 0.2) is 59.2 Å². The first kappa shape index (κ1) is 15.3. The number of hydrogen-bond acceptors (Lipinski definition) is 3. The van der Waals surface area contributed by atoms with E-state index < -0.39 is 6.03 Å². The van der Waals surface area contributed by atoms with Crippen molar-refractivity contribution >= 4 is 44.2 Å². The SMILES string of the molecule is NC(=O)N(Cc1ccc(Br)cc1)c1cccc2cnc(N)cc12. The van der Waals surface area contributed by atoms with Crippen molar-refractivity contribution in [3.63, 3.8) is 0 Å². The average Bonchev–Trinajstić information content (AvgIpc) is 2.53. The zero-order valence-corrected chi connectivity index (χ0v) is 13.8. The second kappa shape index (κ2) is 6.26. The minimum Gasteiger partial charge on any atom is -0.384 e. The van der Waals surface area contributed by atoms with Crippen LogP contribution in [0.25, 0.3) is 10.8 Å². The number of primary amides is 1. The molecule has 6 heteroatoms. The number of carbonyl (C=O) groups is 1. The van der Waals surface area contributed by atoms with E-state index in [1.54, 1.807) is 12.3 Å². The fraction of sp³-hybridized carbons (Fsp3) is 0.0588. The minimum atomic E-state index is -0.518. The lowest BCUT2D eigenvalue weighted by Crippen LogP contribution is -2.35. The molecule has 23 heavy (non-hydrogen) atoms. The molecule has 0 saturated heterocycles. The van der Waals surface area contributed by atoms with E-state index in [4.69, 9.17) is 11.5 Å². The van der Waals surface area contributed by atoms with Crippen LogP contribution in [0.2, 0.25) is 0 Å². The quantitative estimate of drug-likeness (QED) is 0.737. The zero-order valence-electron chi connectivity index (χ0n) is 12.2. The minimum absolute atomic E-state index is 0.379. The number of rotatable bonds is 3. The highest BCUT2D eigenvalue weighted by Gasteiger charge is 2.16. The Morgan fingerprint density at radius 1 is 1.17 bits per heavy atom. The van der Waals surface area contributed by atoms with Crippen LogP contribution in [0, 0.1) is 0 Å². The van der Waals surface area contributed by atoms with Gasteiger partial charge in [0.15, 0.2) is 0 Å². The lowest BCUT2D eigenvalue weighted by atomic mass is 10.1. The molecule has 1 aromatic heterocycles. The number of halogens is 1. The molecule has 2 amide bonds. The number of nitrogens with two attached hydrogens (primary N) is 2.